The molecule has 0 unspecified atom stereocenters. The maximum absolute atomic E-state index is 13.6. The minimum absolute atomic E-state index is 0.225. The molecule has 0 radical (unpaired) electrons. The van der Waals surface area contributed by atoms with E-state index in [1.165, 1.54) is 12.2 Å². The second-order valence-corrected chi connectivity index (χ2v) is 8.49. The summed E-state index contributed by atoms with van der Waals surface area (Å²) in [5, 5.41) is 13.5. The summed E-state index contributed by atoms with van der Waals surface area (Å²) in [7, 11) is 3.77. The van der Waals surface area contributed by atoms with E-state index in [2.05, 4.69) is 5.32 Å². The van der Waals surface area contributed by atoms with Crippen LogP contribution in [0.5, 0.6) is 0 Å². The first-order chi connectivity index (χ1) is 12.5. The molecule has 1 atom stereocenters. The van der Waals surface area contributed by atoms with Gasteiger partial charge in [-0.15, -0.1) is 0 Å². The Morgan fingerprint density at radius 2 is 2.19 bits per heavy atom. The maximum atomic E-state index is 13.6. The molecule has 142 valence electrons. The fourth-order valence-electron chi connectivity index (χ4n) is 2.33. The van der Waals surface area contributed by atoms with Crippen LogP contribution in [0.25, 0.3) is 0 Å². The second-order valence-electron chi connectivity index (χ2n) is 5.70. The van der Waals surface area contributed by atoms with Crippen molar-refractivity contribution in [1.29, 1.82) is 0 Å². The van der Waals surface area contributed by atoms with Crippen LogP contribution in [0.3, 0.4) is 0 Å². The van der Waals surface area contributed by atoms with Crippen molar-refractivity contribution < 1.29 is 23.6 Å². The number of unbranched alkanes of at least 4 members (excludes halogenated alkanes) is 1. The van der Waals surface area contributed by atoms with E-state index in [0.29, 0.717) is 11.7 Å². The lowest BCUT2D eigenvalue weighted by Gasteiger charge is -2.08. The molecule has 1 aromatic carbocycles. The van der Waals surface area contributed by atoms with Gasteiger partial charge in [-0.3, -0.25) is 19.7 Å². The van der Waals surface area contributed by atoms with E-state index in [4.69, 9.17) is 4.74 Å². The maximum Gasteiger partial charge on any atom is 0.306 e. The number of benzene rings is 1. The number of nitrogens with one attached hydrogen (secondary N) is 1. The number of anilines is 1. The zero-order valence-electron chi connectivity index (χ0n) is 13.9. The standard InChI is InChI=1S/C16H19FN2O5S2/c17-13-6-5-11(19(22)23)9-14(13)18-15(20)10-24-16(21)4-2-1-3-12-7-8-25-26-12/h5-6,9,12H,1-4,7-8,10H2,(H,18,20)/t12-/m0/s1. The monoisotopic (exact) mass is 402 g/mol. The fraction of sp³-hybridized carbons (Fsp3) is 0.500. The topological polar surface area (TPSA) is 98.5 Å². The van der Waals surface area contributed by atoms with E-state index in [1.54, 1.807) is 0 Å². The van der Waals surface area contributed by atoms with Crippen molar-refractivity contribution in [2.45, 2.75) is 37.4 Å². The van der Waals surface area contributed by atoms with E-state index < -0.39 is 29.2 Å². The number of nitro groups is 1. The number of hydrogen-bond donors (Lipinski definition) is 1. The van der Waals surface area contributed by atoms with Gasteiger partial charge in [-0.05, 0) is 25.3 Å². The molecule has 1 aliphatic heterocycles. The van der Waals surface area contributed by atoms with Gasteiger partial charge in [0.2, 0.25) is 0 Å². The van der Waals surface area contributed by atoms with Gasteiger partial charge in [0.25, 0.3) is 11.6 Å². The highest BCUT2D eigenvalue weighted by atomic mass is 33.1. The van der Waals surface area contributed by atoms with Crippen molar-refractivity contribution in [2.75, 3.05) is 17.7 Å². The number of amides is 1. The Balaban J connectivity index is 1.67. The van der Waals surface area contributed by atoms with Crippen LogP contribution in [0, 0.1) is 15.9 Å². The van der Waals surface area contributed by atoms with Gasteiger partial charge in [0.05, 0.1) is 10.6 Å². The third kappa shape index (κ3) is 6.83. The lowest BCUT2D eigenvalue weighted by molar-refractivity contribution is -0.384. The molecule has 0 saturated carbocycles. The molecule has 2 rings (SSSR count). The highest BCUT2D eigenvalue weighted by molar-refractivity contribution is 8.77. The Hall–Kier alpha value is -1.81. The van der Waals surface area contributed by atoms with Gasteiger partial charge in [0.1, 0.15) is 5.82 Å². The molecule has 1 heterocycles. The summed E-state index contributed by atoms with van der Waals surface area (Å²) >= 11 is 0. The van der Waals surface area contributed by atoms with Crippen LogP contribution in [0.1, 0.15) is 32.1 Å². The number of carbonyl (C=O) groups excluding carboxylic acids is 2. The molecular formula is C16H19FN2O5S2. The summed E-state index contributed by atoms with van der Waals surface area (Å²) in [5.41, 5.74) is -0.676. The van der Waals surface area contributed by atoms with Crippen molar-refractivity contribution in [3.8, 4) is 0 Å². The van der Waals surface area contributed by atoms with Gasteiger partial charge in [0.15, 0.2) is 6.61 Å². The van der Waals surface area contributed by atoms with Crippen LogP contribution >= 0.6 is 21.6 Å². The van der Waals surface area contributed by atoms with Crippen LogP contribution in [-0.4, -0.2) is 34.4 Å². The van der Waals surface area contributed by atoms with Crippen LogP contribution in [0.2, 0.25) is 0 Å². The Bertz CT molecular complexity index is 668. The average molecular weight is 402 g/mol. The summed E-state index contributed by atoms with van der Waals surface area (Å²) in [4.78, 5) is 33.3. The molecule has 1 saturated heterocycles. The lowest BCUT2D eigenvalue weighted by atomic mass is 10.1. The Morgan fingerprint density at radius 3 is 2.88 bits per heavy atom. The van der Waals surface area contributed by atoms with Crippen molar-refractivity contribution in [1.82, 2.24) is 0 Å². The molecule has 26 heavy (non-hydrogen) atoms. The number of carbonyl (C=O) groups is 2. The second kappa shape index (κ2) is 10.4. The molecular weight excluding hydrogens is 383 g/mol. The van der Waals surface area contributed by atoms with Gasteiger partial charge in [-0.1, -0.05) is 28.0 Å². The normalized spacial score (nSPS) is 16.3. The number of hydrogen-bond acceptors (Lipinski definition) is 7. The number of ether oxygens (including phenoxy) is 1. The zero-order valence-corrected chi connectivity index (χ0v) is 15.6. The Morgan fingerprint density at radius 1 is 1.38 bits per heavy atom. The molecule has 0 aliphatic carbocycles. The number of nitrogens with zero attached hydrogens (tertiary/aromatic N) is 1. The quantitative estimate of drug-likeness (QED) is 0.220. The molecule has 1 N–H and O–H groups in total. The largest absolute Gasteiger partial charge is 0.456 e. The van der Waals surface area contributed by atoms with Gasteiger partial charge < -0.3 is 10.1 Å². The summed E-state index contributed by atoms with van der Waals surface area (Å²) in [6.45, 7) is -0.559. The lowest BCUT2D eigenvalue weighted by Crippen LogP contribution is -2.21. The number of nitro benzene ring substituents is 1. The SMILES string of the molecule is O=C(COC(=O)CCCC[C@H]1CCSS1)Nc1cc([N+](=O)[O-])ccc1F. The summed E-state index contributed by atoms with van der Waals surface area (Å²) in [6.07, 6.45) is 4.12. The van der Waals surface area contributed by atoms with Gasteiger partial charge >= 0.3 is 5.97 Å². The third-order valence-electron chi connectivity index (χ3n) is 3.68. The number of esters is 1. The molecule has 1 aliphatic rings. The van der Waals surface area contributed by atoms with Gasteiger partial charge in [0, 0.05) is 29.6 Å². The van der Waals surface area contributed by atoms with Gasteiger partial charge in [-0.2, -0.15) is 0 Å². The first-order valence-electron chi connectivity index (χ1n) is 8.13. The van der Waals surface area contributed by atoms with E-state index in [9.17, 15) is 24.1 Å². The van der Waals surface area contributed by atoms with Crippen molar-refractivity contribution in [2.24, 2.45) is 0 Å². The van der Waals surface area contributed by atoms with Crippen LogP contribution in [0.4, 0.5) is 15.8 Å². The van der Waals surface area contributed by atoms with E-state index in [-0.39, 0.29) is 17.8 Å². The fourth-order valence-corrected chi connectivity index (χ4v) is 5.36. The number of halogens is 1. The van der Waals surface area contributed by atoms with Crippen LogP contribution in [-0.2, 0) is 14.3 Å². The minimum Gasteiger partial charge on any atom is -0.456 e. The molecule has 0 aromatic heterocycles. The number of rotatable bonds is 9. The first-order valence-corrected chi connectivity index (χ1v) is 10.5. The van der Waals surface area contributed by atoms with Crippen molar-refractivity contribution in [3.05, 3.63) is 34.1 Å². The summed E-state index contributed by atoms with van der Waals surface area (Å²) in [5.74, 6) is -0.874. The molecule has 10 heteroatoms. The van der Waals surface area contributed by atoms with E-state index in [1.807, 2.05) is 21.6 Å². The third-order valence-corrected chi connectivity index (χ3v) is 6.69. The van der Waals surface area contributed by atoms with Crippen LogP contribution < -0.4 is 5.32 Å². The van der Waals surface area contributed by atoms with E-state index >= 15 is 0 Å². The highest BCUT2D eigenvalue weighted by Crippen LogP contribution is 2.39. The zero-order chi connectivity index (χ0) is 18.9. The molecule has 0 bridgehead atoms. The first kappa shape index (κ1) is 20.5. The Labute approximate surface area is 158 Å². The summed E-state index contributed by atoms with van der Waals surface area (Å²) in [6, 6.07) is 2.79. The summed E-state index contributed by atoms with van der Waals surface area (Å²) < 4.78 is 18.4. The average Bonchev–Trinajstić information content (AvgIpc) is 3.12. The predicted octanol–water partition coefficient (Wildman–Crippen LogP) is 3.93. The Kier molecular flexibility index (Phi) is 8.17. The molecule has 1 aromatic rings. The van der Waals surface area contributed by atoms with Gasteiger partial charge in [-0.25, -0.2) is 4.39 Å². The molecule has 0 spiro atoms. The minimum atomic E-state index is -0.807. The highest BCUT2D eigenvalue weighted by Gasteiger charge is 2.17. The van der Waals surface area contributed by atoms with E-state index in [0.717, 1.165) is 31.0 Å². The number of non-ortho nitro benzene ring substituents is 1. The van der Waals surface area contributed by atoms with Crippen molar-refractivity contribution in [3.63, 3.8) is 0 Å². The smallest absolute Gasteiger partial charge is 0.306 e. The molecule has 1 amide bonds. The van der Waals surface area contributed by atoms with Crippen molar-refractivity contribution >= 4 is 44.8 Å². The molecule has 7 nitrogen and oxygen atoms in total. The predicted molar refractivity (Wildman–Crippen MR) is 99.6 cm³/mol. The molecule has 1 fully saturated rings. The van der Waals surface area contributed by atoms with Crippen LogP contribution in [0.15, 0.2) is 18.2 Å².